The van der Waals surface area contributed by atoms with Crippen molar-refractivity contribution >= 4 is 45.2 Å². The van der Waals surface area contributed by atoms with Gasteiger partial charge in [-0.2, -0.15) is 0 Å². The maximum atomic E-state index is 12.5. The van der Waals surface area contributed by atoms with Crippen LogP contribution in [0.15, 0.2) is 71.2 Å². The smallest absolute Gasteiger partial charge is 0.257 e. The van der Waals surface area contributed by atoms with Gasteiger partial charge in [0, 0.05) is 10.2 Å². The normalized spacial score (nSPS) is 12.5. The number of hydrogen-bond donors (Lipinski definition) is 1. The second kappa shape index (κ2) is 7.71. The number of carbonyl (C=O) groups excluding carboxylic acids is 1. The molecule has 0 saturated carbocycles. The summed E-state index contributed by atoms with van der Waals surface area (Å²) in [4.78, 5) is 12.5. The van der Waals surface area contributed by atoms with Gasteiger partial charge in [0.25, 0.3) is 5.91 Å². The zero-order valence-electron chi connectivity index (χ0n) is 14.5. The maximum Gasteiger partial charge on any atom is 0.257 e. The third-order valence-corrected chi connectivity index (χ3v) is 5.51. The SMILES string of the molecule is O=C(Nc1ccc(-c2cccc3c2C=CCC3)cc1)c1cc(Br)ccc1Cl. The number of allylic oxidation sites excluding steroid dienone is 1. The predicted octanol–water partition coefficient (Wildman–Crippen LogP) is 6.98. The van der Waals surface area contributed by atoms with Gasteiger partial charge in [0.2, 0.25) is 0 Å². The quantitative estimate of drug-likeness (QED) is 0.469. The lowest BCUT2D eigenvalue weighted by Gasteiger charge is -2.15. The van der Waals surface area contributed by atoms with Crippen LogP contribution in [-0.2, 0) is 6.42 Å². The number of amides is 1. The molecule has 1 amide bonds. The van der Waals surface area contributed by atoms with Gasteiger partial charge in [0.05, 0.1) is 10.6 Å². The molecule has 134 valence electrons. The molecule has 3 aromatic carbocycles. The number of benzene rings is 3. The van der Waals surface area contributed by atoms with Gasteiger partial charge in [-0.1, -0.05) is 70.0 Å². The fraction of sp³-hybridized carbons (Fsp3) is 0.0870. The van der Waals surface area contributed by atoms with E-state index in [1.54, 1.807) is 12.1 Å². The van der Waals surface area contributed by atoms with E-state index in [0.717, 1.165) is 28.6 Å². The lowest BCUT2D eigenvalue weighted by Crippen LogP contribution is -2.12. The third-order valence-electron chi connectivity index (χ3n) is 4.69. The minimum Gasteiger partial charge on any atom is -0.322 e. The van der Waals surface area contributed by atoms with Crippen LogP contribution in [-0.4, -0.2) is 5.91 Å². The molecule has 0 heterocycles. The minimum absolute atomic E-state index is 0.228. The number of anilines is 1. The second-order valence-corrected chi connectivity index (χ2v) is 7.80. The number of halogens is 2. The molecule has 4 rings (SSSR count). The van der Waals surface area contributed by atoms with E-state index in [1.807, 2.05) is 30.3 Å². The van der Waals surface area contributed by atoms with Crippen LogP contribution in [0.3, 0.4) is 0 Å². The molecular weight excluding hydrogens is 422 g/mol. The summed E-state index contributed by atoms with van der Waals surface area (Å²) in [6, 6.07) is 19.6. The Morgan fingerprint density at radius 3 is 2.67 bits per heavy atom. The summed E-state index contributed by atoms with van der Waals surface area (Å²) >= 11 is 9.51. The van der Waals surface area contributed by atoms with Crippen LogP contribution < -0.4 is 5.32 Å². The fourth-order valence-electron chi connectivity index (χ4n) is 3.32. The zero-order chi connectivity index (χ0) is 18.8. The molecule has 1 aliphatic rings. The molecule has 0 aromatic heterocycles. The molecule has 3 aromatic rings. The van der Waals surface area contributed by atoms with Crippen LogP contribution >= 0.6 is 27.5 Å². The van der Waals surface area contributed by atoms with Crippen molar-refractivity contribution < 1.29 is 4.79 Å². The van der Waals surface area contributed by atoms with E-state index in [0.29, 0.717) is 10.6 Å². The molecule has 0 atom stereocenters. The van der Waals surface area contributed by atoms with Gasteiger partial charge in [-0.3, -0.25) is 4.79 Å². The Balaban J connectivity index is 1.58. The van der Waals surface area contributed by atoms with Crippen molar-refractivity contribution in [2.45, 2.75) is 12.8 Å². The Kier molecular flexibility index (Phi) is 5.15. The van der Waals surface area contributed by atoms with Gasteiger partial charge < -0.3 is 5.32 Å². The van der Waals surface area contributed by atoms with E-state index in [4.69, 9.17) is 11.6 Å². The first-order valence-electron chi connectivity index (χ1n) is 8.77. The van der Waals surface area contributed by atoms with Crippen molar-refractivity contribution in [3.05, 3.63) is 92.9 Å². The van der Waals surface area contributed by atoms with Crippen LogP contribution in [0.4, 0.5) is 5.69 Å². The highest BCUT2D eigenvalue weighted by Crippen LogP contribution is 2.31. The van der Waals surface area contributed by atoms with Crippen LogP contribution in [0.2, 0.25) is 5.02 Å². The molecule has 27 heavy (non-hydrogen) atoms. The molecule has 0 fully saturated rings. The van der Waals surface area contributed by atoms with Gasteiger partial charge >= 0.3 is 0 Å². The largest absolute Gasteiger partial charge is 0.322 e. The molecule has 0 saturated heterocycles. The fourth-order valence-corrected chi connectivity index (χ4v) is 3.89. The number of fused-ring (bicyclic) bond motifs is 1. The first kappa shape index (κ1) is 18.0. The van der Waals surface area contributed by atoms with Crippen molar-refractivity contribution in [3.63, 3.8) is 0 Å². The summed E-state index contributed by atoms with van der Waals surface area (Å²) in [5.41, 5.74) is 6.21. The molecule has 0 radical (unpaired) electrons. The van der Waals surface area contributed by atoms with E-state index in [9.17, 15) is 4.79 Å². The van der Waals surface area contributed by atoms with Crippen molar-refractivity contribution in [2.75, 3.05) is 5.32 Å². The van der Waals surface area contributed by atoms with Crippen molar-refractivity contribution in [3.8, 4) is 11.1 Å². The van der Waals surface area contributed by atoms with Crippen LogP contribution in [0, 0.1) is 0 Å². The lowest BCUT2D eigenvalue weighted by molar-refractivity contribution is 0.102. The number of rotatable bonds is 3. The van der Waals surface area contributed by atoms with E-state index >= 15 is 0 Å². The highest BCUT2D eigenvalue weighted by atomic mass is 79.9. The Labute approximate surface area is 172 Å². The Morgan fingerprint density at radius 1 is 1.04 bits per heavy atom. The van der Waals surface area contributed by atoms with Gasteiger partial charge in [-0.15, -0.1) is 0 Å². The summed E-state index contributed by atoms with van der Waals surface area (Å²) in [5, 5.41) is 3.34. The average molecular weight is 439 g/mol. The van der Waals surface area contributed by atoms with Crippen molar-refractivity contribution in [1.82, 2.24) is 0 Å². The summed E-state index contributed by atoms with van der Waals surface area (Å²) in [7, 11) is 0. The molecule has 2 nitrogen and oxygen atoms in total. The summed E-state index contributed by atoms with van der Waals surface area (Å²) in [6.45, 7) is 0. The monoisotopic (exact) mass is 437 g/mol. The Bertz CT molecular complexity index is 1040. The summed E-state index contributed by atoms with van der Waals surface area (Å²) in [5.74, 6) is -0.228. The Morgan fingerprint density at radius 2 is 1.85 bits per heavy atom. The number of carbonyl (C=O) groups is 1. The van der Waals surface area contributed by atoms with Gasteiger partial charge in [0.1, 0.15) is 0 Å². The number of hydrogen-bond acceptors (Lipinski definition) is 1. The molecule has 0 bridgehead atoms. The standard InChI is InChI=1S/C23H17BrClNO/c24-17-10-13-22(25)21(14-17)23(27)26-18-11-8-16(9-12-18)20-7-3-5-15-4-1-2-6-19(15)20/h2-3,5-14H,1,4H2,(H,26,27). The van der Waals surface area contributed by atoms with E-state index in [1.165, 1.54) is 16.7 Å². The number of nitrogens with one attached hydrogen (secondary N) is 1. The van der Waals surface area contributed by atoms with Crippen LogP contribution in [0.5, 0.6) is 0 Å². The summed E-state index contributed by atoms with van der Waals surface area (Å²) < 4.78 is 0.814. The molecule has 0 aliphatic heterocycles. The van der Waals surface area contributed by atoms with Gasteiger partial charge in [0.15, 0.2) is 0 Å². The molecule has 4 heteroatoms. The number of aryl methyl sites for hydroxylation is 1. The molecule has 1 aliphatic carbocycles. The van der Waals surface area contributed by atoms with Crippen molar-refractivity contribution in [2.24, 2.45) is 0 Å². The molecule has 0 unspecified atom stereocenters. The Hall–Kier alpha value is -2.36. The van der Waals surface area contributed by atoms with E-state index in [2.05, 4.69) is 51.6 Å². The van der Waals surface area contributed by atoms with Gasteiger partial charge in [-0.05, 0) is 65.4 Å². The van der Waals surface area contributed by atoms with Crippen LogP contribution in [0.1, 0.15) is 27.9 Å². The summed E-state index contributed by atoms with van der Waals surface area (Å²) in [6.07, 6.45) is 6.61. The first-order chi connectivity index (χ1) is 13.1. The van der Waals surface area contributed by atoms with Crippen molar-refractivity contribution in [1.29, 1.82) is 0 Å². The molecular formula is C23H17BrClNO. The molecule has 1 N–H and O–H groups in total. The van der Waals surface area contributed by atoms with Gasteiger partial charge in [-0.25, -0.2) is 0 Å². The van der Waals surface area contributed by atoms with E-state index in [-0.39, 0.29) is 5.91 Å². The first-order valence-corrected chi connectivity index (χ1v) is 9.94. The predicted molar refractivity (Wildman–Crippen MR) is 116 cm³/mol. The molecule has 0 spiro atoms. The lowest BCUT2D eigenvalue weighted by atomic mass is 9.90. The zero-order valence-corrected chi connectivity index (χ0v) is 16.8. The highest BCUT2D eigenvalue weighted by molar-refractivity contribution is 9.10. The topological polar surface area (TPSA) is 29.1 Å². The van der Waals surface area contributed by atoms with E-state index < -0.39 is 0 Å². The average Bonchev–Trinajstić information content (AvgIpc) is 2.70. The van der Waals surface area contributed by atoms with Crippen LogP contribution in [0.25, 0.3) is 17.2 Å². The highest BCUT2D eigenvalue weighted by Gasteiger charge is 2.13. The maximum absolute atomic E-state index is 12.5. The second-order valence-electron chi connectivity index (χ2n) is 6.48. The minimum atomic E-state index is -0.228. The third kappa shape index (κ3) is 3.85.